The van der Waals surface area contributed by atoms with E-state index in [0.717, 1.165) is 0 Å². The topological polar surface area (TPSA) is 0 Å². The third-order valence-electron chi connectivity index (χ3n) is 0.623. The molecule has 0 atom stereocenters. The first-order valence-electron chi connectivity index (χ1n) is 3.22. The van der Waals surface area contributed by atoms with E-state index in [1.165, 1.54) is 11.1 Å². The number of allylic oxidation sites excluding steroid dienone is 2. The van der Waals surface area contributed by atoms with Crippen LogP contribution in [0.2, 0.25) is 0 Å². The Balaban J connectivity index is 3.39. The van der Waals surface area contributed by atoms with Crippen molar-refractivity contribution in [3.63, 3.8) is 0 Å². The van der Waals surface area contributed by atoms with Crippen molar-refractivity contribution >= 4 is 34.1 Å². The third kappa shape index (κ3) is 9.06. The van der Waals surface area contributed by atoms with E-state index in [0.29, 0.717) is 0 Å². The fourth-order valence-electron chi connectivity index (χ4n) is 0.248. The van der Waals surface area contributed by atoms with Crippen LogP contribution in [0.4, 0.5) is 0 Å². The van der Waals surface area contributed by atoms with Crippen LogP contribution < -0.4 is 0 Å². The van der Waals surface area contributed by atoms with Crippen molar-refractivity contribution in [3.05, 3.63) is 19.4 Å². The van der Waals surface area contributed by atoms with Crippen LogP contribution in [-0.4, -0.2) is 34.1 Å². The predicted molar refractivity (Wildman–Crippen MR) is 50.4 cm³/mol. The van der Waals surface area contributed by atoms with Gasteiger partial charge in [0.1, 0.15) is 0 Å². The maximum absolute atomic E-state index is 2.46. The summed E-state index contributed by atoms with van der Waals surface area (Å²) in [6.45, 7) is 8.78. The molecule has 0 N–H and O–H groups in total. The molecule has 0 aliphatic rings. The van der Waals surface area contributed by atoms with Gasteiger partial charge in [0.2, 0.25) is 0 Å². The zero-order valence-electron chi connectivity index (χ0n) is 6.97. The van der Waals surface area contributed by atoms with Crippen molar-refractivity contribution in [2.24, 2.45) is 0 Å². The predicted octanol–water partition coefficient (Wildman–Crippen LogP) is 2.16. The normalized spacial score (nSPS) is 8.80. The van der Waals surface area contributed by atoms with Crippen LogP contribution >= 0.6 is 0 Å². The van der Waals surface area contributed by atoms with Gasteiger partial charge in [-0.1, -0.05) is 0 Å². The maximum atomic E-state index is 2.46. The molecule has 0 heterocycles. The van der Waals surface area contributed by atoms with E-state index in [1.54, 1.807) is 0 Å². The Morgan fingerprint density at radius 3 is 1.30 bits per heavy atom. The second-order valence-corrected chi connectivity index (χ2v) is 12.4. The van der Waals surface area contributed by atoms with Crippen LogP contribution in [0.5, 0.6) is 0 Å². The Kier molecular flexibility index (Phi) is 7.46. The first-order valence-corrected chi connectivity index (χ1v) is 13.2. The minimum atomic E-state index is 0.283. The van der Waals surface area contributed by atoms with Gasteiger partial charge in [0.05, 0.1) is 0 Å². The SMILES string of the molecule is CC(C)=C[Te][Te]C=C(C)C. The average Bonchev–Trinajstić information content (AvgIpc) is 1.79. The molecule has 0 aliphatic heterocycles. The van der Waals surface area contributed by atoms with Crippen LogP contribution in [0, 0.1) is 0 Å². The Morgan fingerprint density at radius 1 is 0.800 bits per heavy atom. The molecule has 10 heavy (non-hydrogen) atoms. The molecule has 58 valence electrons. The zero-order chi connectivity index (χ0) is 7.98. The first-order chi connectivity index (χ1) is 4.63. The van der Waals surface area contributed by atoms with E-state index in [2.05, 4.69) is 35.9 Å². The van der Waals surface area contributed by atoms with Crippen LogP contribution in [-0.2, 0) is 0 Å². The second-order valence-electron chi connectivity index (χ2n) is 2.58. The quantitative estimate of drug-likeness (QED) is 0.531. The molecule has 0 saturated carbocycles. The average molecular weight is 365 g/mol. The van der Waals surface area contributed by atoms with Crippen molar-refractivity contribution in [1.29, 1.82) is 0 Å². The van der Waals surface area contributed by atoms with Gasteiger partial charge in [0.25, 0.3) is 0 Å². The summed E-state index contributed by atoms with van der Waals surface area (Å²) in [4.78, 5) is 0. The van der Waals surface area contributed by atoms with Gasteiger partial charge in [-0.25, -0.2) is 0 Å². The van der Waals surface area contributed by atoms with E-state index in [4.69, 9.17) is 0 Å². The van der Waals surface area contributed by atoms with Crippen LogP contribution in [0.1, 0.15) is 27.7 Å². The van der Waals surface area contributed by atoms with Gasteiger partial charge in [0.15, 0.2) is 0 Å². The molecular formula is C8H14Te2. The fourth-order valence-corrected chi connectivity index (χ4v) is 11.2. The molecule has 0 fully saturated rings. The molecule has 0 aromatic heterocycles. The second kappa shape index (κ2) is 6.75. The summed E-state index contributed by atoms with van der Waals surface area (Å²) in [5.41, 5.74) is 3.02. The van der Waals surface area contributed by atoms with Crippen molar-refractivity contribution in [2.75, 3.05) is 0 Å². The summed E-state index contributed by atoms with van der Waals surface area (Å²) in [6.07, 6.45) is 0. The third-order valence-corrected chi connectivity index (χ3v) is 9.99. The van der Waals surface area contributed by atoms with Gasteiger partial charge in [0, 0.05) is 0 Å². The fraction of sp³-hybridized carbons (Fsp3) is 0.500. The Morgan fingerprint density at radius 2 is 1.10 bits per heavy atom. The Bertz CT molecular complexity index is 119. The summed E-state index contributed by atoms with van der Waals surface area (Å²) in [5, 5.41) is 0. The summed E-state index contributed by atoms with van der Waals surface area (Å²) >= 11 is 0.567. The van der Waals surface area contributed by atoms with Crippen molar-refractivity contribution in [2.45, 2.75) is 27.7 Å². The molecule has 0 spiro atoms. The first kappa shape index (κ1) is 11.1. The molecule has 0 nitrogen and oxygen atoms in total. The van der Waals surface area contributed by atoms with Crippen LogP contribution in [0.3, 0.4) is 0 Å². The molecule has 0 bridgehead atoms. The van der Waals surface area contributed by atoms with Gasteiger partial charge in [-0.3, -0.25) is 0 Å². The van der Waals surface area contributed by atoms with E-state index in [1.807, 2.05) is 0 Å². The van der Waals surface area contributed by atoms with Crippen LogP contribution in [0.15, 0.2) is 19.4 Å². The van der Waals surface area contributed by atoms with E-state index >= 15 is 0 Å². The molecular weight excluding hydrogens is 351 g/mol. The summed E-state index contributed by atoms with van der Waals surface area (Å²) in [7, 11) is 0. The van der Waals surface area contributed by atoms with Crippen molar-refractivity contribution in [1.82, 2.24) is 0 Å². The Labute approximate surface area is 80.5 Å². The Hall–Kier alpha value is 1.06. The summed E-state index contributed by atoms with van der Waals surface area (Å²) in [6, 6.07) is 0. The summed E-state index contributed by atoms with van der Waals surface area (Å²) < 4.78 is 4.93. The summed E-state index contributed by atoms with van der Waals surface area (Å²) in [5.74, 6) is 0. The minimum absolute atomic E-state index is 0.283. The molecule has 0 aliphatic carbocycles. The monoisotopic (exact) mass is 370 g/mol. The molecule has 2 heteroatoms. The molecule has 0 aromatic rings. The van der Waals surface area contributed by atoms with E-state index in [-0.39, 0.29) is 34.1 Å². The van der Waals surface area contributed by atoms with Gasteiger partial charge in [-0.05, 0) is 0 Å². The van der Waals surface area contributed by atoms with E-state index < -0.39 is 0 Å². The number of hydrogen-bond donors (Lipinski definition) is 0. The van der Waals surface area contributed by atoms with Gasteiger partial charge < -0.3 is 0 Å². The van der Waals surface area contributed by atoms with Gasteiger partial charge in [-0.2, -0.15) is 0 Å². The van der Waals surface area contributed by atoms with Crippen LogP contribution in [0.25, 0.3) is 0 Å². The van der Waals surface area contributed by atoms with E-state index in [9.17, 15) is 0 Å². The van der Waals surface area contributed by atoms with Gasteiger partial charge >= 0.3 is 81.2 Å². The van der Waals surface area contributed by atoms with Gasteiger partial charge in [-0.15, -0.1) is 0 Å². The molecule has 0 aromatic carbocycles. The standard InChI is InChI=1S/C8H14Te2/c1-7(2)5-9-10-6-8(3)4/h5-6H,1-4H3. The zero-order valence-corrected chi connectivity index (χ0v) is 11.6. The van der Waals surface area contributed by atoms with Crippen molar-refractivity contribution in [3.8, 4) is 0 Å². The molecule has 0 rings (SSSR count). The molecule has 0 amide bonds. The molecule has 0 unspecified atom stereocenters. The number of hydrogen-bond acceptors (Lipinski definition) is 0. The number of rotatable bonds is 3. The molecule has 0 radical (unpaired) electrons. The molecule has 0 saturated heterocycles. The van der Waals surface area contributed by atoms with Crippen molar-refractivity contribution < 1.29 is 0 Å².